The highest BCUT2D eigenvalue weighted by Crippen LogP contribution is 2.29. The zero-order valence-corrected chi connectivity index (χ0v) is 26.6. The molecular weight excluding hydrogens is 606 g/mol. The van der Waals surface area contributed by atoms with Crippen LogP contribution in [0.1, 0.15) is 32.9 Å². The van der Waals surface area contributed by atoms with Crippen LogP contribution in [0.2, 0.25) is 0 Å². The monoisotopic (exact) mass is 641 g/mol. The van der Waals surface area contributed by atoms with Crippen LogP contribution in [0, 0.1) is 6.92 Å². The lowest BCUT2D eigenvalue weighted by molar-refractivity contribution is -0.125. The van der Waals surface area contributed by atoms with Crippen molar-refractivity contribution < 1.29 is 22.7 Å². The molecule has 2 amide bonds. The van der Waals surface area contributed by atoms with E-state index in [4.69, 9.17) is 4.74 Å². The molecule has 16 heteroatoms. The number of H-pyrrole nitrogens is 1. The van der Waals surface area contributed by atoms with Gasteiger partial charge in [0.25, 0.3) is 5.91 Å². The van der Waals surface area contributed by atoms with Gasteiger partial charge in [-0.1, -0.05) is 0 Å². The molecule has 1 aliphatic heterocycles. The molecule has 234 valence electrons. The number of aromatic nitrogens is 5. The number of fused-ring (bicyclic) bond motifs is 1. The summed E-state index contributed by atoms with van der Waals surface area (Å²) in [5, 5.41) is 18.3. The number of anilines is 3. The van der Waals surface area contributed by atoms with Crippen LogP contribution < -0.4 is 15.4 Å². The Morgan fingerprint density at radius 1 is 1.18 bits per heavy atom. The quantitative estimate of drug-likeness (QED) is 0.200. The molecule has 1 fully saturated rings. The van der Waals surface area contributed by atoms with E-state index in [1.807, 2.05) is 68.9 Å². The van der Waals surface area contributed by atoms with Crippen molar-refractivity contribution in [2.24, 2.45) is 0 Å². The highest BCUT2D eigenvalue weighted by Gasteiger charge is 2.40. The van der Waals surface area contributed by atoms with Crippen LogP contribution in [0.15, 0.2) is 58.7 Å². The lowest BCUT2D eigenvalue weighted by Crippen LogP contribution is -2.47. The molecule has 0 bridgehead atoms. The van der Waals surface area contributed by atoms with Crippen molar-refractivity contribution >= 4 is 56.4 Å². The first kappa shape index (κ1) is 31.4. The molecule has 0 spiro atoms. The first-order valence-corrected chi connectivity index (χ1v) is 16.6. The van der Waals surface area contributed by atoms with Crippen molar-refractivity contribution in [1.29, 1.82) is 0 Å². The molecule has 4 heterocycles. The number of aryl methyl sites for hydroxylation is 1. The van der Waals surface area contributed by atoms with Crippen molar-refractivity contribution in [3.05, 3.63) is 54.4 Å². The number of benzene rings is 1. The Balaban J connectivity index is 1.23. The van der Waals surface area contributed by atoms with Crippen molar-refractivity contribution in [3.8, 4) is 0 Å². The van der Waals surface area contributed by atoms with Gasteiger partial charge in [0.1, 0.15) is 5.52 Å². The van der Waals surface area contributed by atoms with E-state index >= 15 is 0 Å². The van der Waals surface area contributed by atoms with Crippen LogP contribution in [0.25, 0.3) is 5.52 Å². The molecule has 2 atom stereocenters. The largest absolute Gasteiger partial charge is 0.371 e. The second kappa shape index (κ2) is 12.6. The summed E-state index contributed by atoms with van der Waals surface area (Å²) >= 11 is 1.36. The average molecular weight is 642 g/mol. The topological polar surface area (TPSA) is 176 Å². The number of aromatic amines is 1. The van der Waals surface area contributed by atoms with Crippen molar-refractivity contribution in [3.63, 3.8) is 0 Å². The maximum atomic E-state index is 13.0. The predicted octanol–water partition coefficient (Wildman–Crippen LogP) is 2.93. The number of carbonyl (C=O) groups excluding carboxylic acids is 2. The summed E-state index contributed by atoms with van der Waals surface area (Å²) in [6, 6.07) is 12.1. The zero-order chi connectivity index (χ0) is 31.6. The summed E-state index contributed by atoms with van der Waals surface area (Å²) in [6.45, 7) is 7.82. The molecule has 0 saturated carbocycles. The number of hydrogen-bond donors (Lipinski definition) is 4. The molecule has 4 N–H and O–H groups in total. The minimum Gasteiger partial charge on any atom is -0.371 e. The van der Waals surface area contributed by atoms with Gasteiger partial charge in [-0.2, -0.15) is 5.10 Å². The Morgan fingerprint density at radius 2 is 1.93 bits per heavy atom. The number of nitrogens with zero attached hydrogens (tertiary/aromatic N) is 5. The molecule has 1 saturated heterocycles. The maximum absolute atomic E-state index is 13.0. The second-order valence-corrected chi connectivity index (χ2v) is 14.4. The minimum atomic E-state index is -3.75. The van der Waals surface area contributed by atoms with E-state index in [2.05, 4.69) is 30.9 Å². The number of sulfonamides is 1. The SMILES string of the molecule is Cc1cc(Nc2nc(Sc3ccc(NC(=O)CN4C[C@H](OC(C)(C)C)C[C@H]4C(=O)NS(C)(=O)=O)cc3)nn3cccc23)n[nH]1. The van der Waals surface area contributed by atoms with Crippen LogP contribution in [0.4, 0.5) is 17.3 Å². The number of likely N-dealkylation sites (tertiary alicyclic amines) is 1. The van der Waals surface area contributed by atoms with Gasteiger partial charge in [0.2, 0.25) is 21.1 Å². The van der Waals surface area contributed by atoms with Crippen LogP contribution >= 0.6 is 11.8 Å². The summed E-state index contributed by atoms with van der Waals surface area (Å²) in [5.74, 6) is 0.238. The normalized spacial score (nSPS) is 17.6. The first-order chi connectivity index (χ1) is 20.7. The molecular formula is C28H35N9O5S2. The highest BCUT2D eigenvalue weighted by atomic mass is 32.2. The molecule has 3 aromatic heterocycles. The van der Waals surface area contributed by atoms with E-state index in [1.165, 1.54) is 11.8 Å². The minimum absolute atomic E-state index is 0.113. The number of nitrogens with one attached hydrogen (secondary N) is 4. The molecule has 0 radical (unpaired) electrons. The van der Waals surface area contributed by atoms with Crippen LogP contribution in [0.5, 0.6) is 0 Å². The fourth-order valence-corrected chi connectivity index (χ4v) is 6.15. The summed E-state index contributed by atoms with van der Waals surface area (Å²) in [6.07, 6.45) is 2.70. The zero-order valence-electron chi connectivity index (χ0n) is 25.0. The molecule has 44 heavy (non-hydrogen) atoms. The standard InChI is InChI=1S/C28H35N9O5S2/c1-17-13-23(33-32-17)30-25-21-7-6-12-37(21)34-27(31-25)43-20-10-8-18(9-11-20)29-24(38)16-36-15-19(42-28(2,3)4)14-22(36)26(39)35-44(5,40)41/h6-13,19,22H,14-16H2,1-5H3,(H,29,38)(H,35,39)(H2,30,31,32,33,34)/t19-,22+/m1/s1. The van der Waals surface area contributed by atoms with Crippen LogP contribution in [-0.2, 0) is 24.3 Å². The average Bonchev–Trinajstić information content (AvgIpc) is 3.63. The Hall–Kier alpha value is -3.99. The number of ether oxygens (including phenoxy) is 1. The summed E-state index contributed by atoms with van der Waals surface area (Å²) in [5.41, 5.74) is 1.83. The fraction of sp³-hybridized carbons (Fsp3) is 0.393. The highest BCUT2D eigenvalue weighted by molar-refractivity contribution is 7.99. The lowest BCUT2D eigenvalue weighted by atomic mass is 10.1. The molecule has 1 aromatic carbocycles. The Morgan fingerprint density at radius 3 is 2.59 bits per heavy atom. The van der Waals surface area contributed by atoms with Gasteiger partial charge in [-0.15, -0.1) is 5.10 Å². The maximum Gasteiger partial charge on any atom is 0.250 e. The molecule has 1 aliphatic rings. The first-order valence-electron chi connectivity index (χ1n) is 13.9. The van der Waals surface area contributed by atoms with Gasteiger partial charge in [-0.3, -0.25) is 24.3 Å². The van der Waals surface area contributed by atoms with Gasteiger partial charge >= 0.3 is 0 Å². The van der Waals surface area contributed by atoms with Crippen LogP contribution in [0.3, 0.4) is 0 Å². The third-order valence-corrected chi connectivity index (χ3v) is 7.93. The molecule has 5 rings (SSSR count). The fourth-order valence-electron chi connectivity index (χ4n) is 4.89. The second-order valence-electron chi connectivity index (χ2n) is 11.6. The lowest BCUT2D eigenvalue weighted by Gasteiger charge is -2.25. The molecule has 0 aliphatic carbocycles. The Bertz CT molecular complexity index is 1760. The number of amides is 2. The summed E-state index contributed by atoms with van der Waals surface area (Å²) in [4.78, 5) is 32.9. The Kier molecular flexibility index (Phi) is 8.97. The van der Waals surface area contributed by atoms with E-state index in [9.17, 15) is 18.0 Å². The van der Waals surface area contributed by atoms with Gasteiger partial charge in [-0.05, 0) is 82.3 Å². The number of hydrogen-bond acceptors (Lipinski definition) is 11. The van der Waals surface area contributed by atoms with E-state index in [-0.39, 0.29) is 25.0 Å². The summed E-state index contributed by atoms with van der Waals surface area (Å²) < 4.78 is 33.2. The van der Waals surface area contributed by atoms with E-state index in [1.54, 1.807) is 21.5 Å². The van der Waals surface area contributed by atoms with Gasteiger partial charge in [0, 0.05) is 35.1 Å². The number of carbonyl (C=O) groups is 2. The molecule has 0 unspecified atom stereocenters. The van der Waals surface area contributed by atoms with E-state index < -0.39 is 27.6 Å². The summed E-state index contributed by atoms with van der Waals surface area (Å²) in [7, 11) is -3.75. The smallest absolute Gasteiger partial charge is 0.250 e. The van der Waals surface area contributed by atoms with Crippen LogP contribution in [-0.4, -0.2) is 87.0 Å². The Labute approximate surface area is 259 Å². The molecule has 4 aromatic rings. The third-order valence-electron chi connectivity index (χ3n) is 6.49. The predicted molar refractivity (Wildman–Crippen MR) is 166 cm³/mol. The van der Waals surface area contributed by atoms with Crippen molar-refractivity contribution in [1.82, 2.24) is 34.4 Å². The van der Waals surface area contributed by atoms with Crippen molar-refractivity contribution in [2.75, 3.05) is 30.0 Å². The van der Waals surface area contributed by atoms with Crippen molar-refractivity contribution in [2.45, 2.75) is 61.9 Å². The number of rotatable bonds is 10. The van der Waals surface area contributed by atoms with Gasteiger partial charge in [-0.25, -0.2) is 17.9 Å². The third kappa shape index (κ3) is 8.34. The van der Waals surface area contributed by atoms with Gasteiger partial charge in [0.05, 0.1) is 30.5 Å². The van der Waals surface area contributed by atoms with E-state index in [0.29, 0.717) is 29.0 Å². The van der Waals surface area contributed by atoms with Gasteiger partial charge < -0.3 is 15.4 Å². The molecule has 14 nitrogen and oxygen atoms in total. The van der Waals surface area contributed by atoms with E-state index in [0.717, 1.165) is 22.4 Å². The van der Waals surface area contributed by atoms with Gasteiger partial charge in [0.15, 0.2) is 11.6 Å².